The Kier molecular flexibility index (Phi) is 2.64. The summed E-state index contributed by atoms with van der Waals surface area (Å²) in [5.41, 5.74) is 0.632. The molecule has 1 heterocycles. The van der Waals surface area contributed by atoms with Crippen molar-refractivity contribution in [3.8, 4) is 11.4 Å². The van der Waals surface area contributed by atoms with Crippen molar-refractivity contribution in [3.05, 3.63) is 36.4 Å². The van der Waals surface area contributed by atoms with Crippen LogP contribution in [0.5, 0.6) is 5.75 Å². The van der Waals surface area contributed by atoms with Crippen molar-refractivity contribution < 1.29 is 5.11 Å². The molecule has 2 rings (SSSR count). The van der Waals surface area contributed by atoms with Crippen LogP contribution in [0, 0.1) is 0 Å². The molecule has 0 aliphatic rings. The third-order valence-corrected chi connectivity index (χ3v) is 2.00. The van der Waals surface area contributed by atoms with Gasteiger partial charge in [0.05, 0.1) is 6.54 Å². The van der Waals surface area contributed by atoms with Crippen molar-refractivity contribution >= 4 is 0 Å². The van der Waals surface area contributed by atoms with Crippen molar-refractivity contribution in [2.45, 2.75) is 6.54 Å². The zero-order valence-electron chi connectivity index (χ0n) is 8.38. The lowest BCUT2D eigenvalue weighted by Crippen LogP contribution is -2.07. The van der Waals surface area contributed by atoms with E-state index in [9.17, 15) is 5.11 Å². The first kappa shape index (κ1) is 9.67. The number of benzene rings is 1. The summed E-state index contributed by atoms with van der Waals surface area (Å²) in [6, 6.07) is 7.01. The monoisotopic (exact) mass is 204 g/mol. The van der Waals surface area contributed by atoms with E-state index in [0.29, 0.717) is 18.1 Å². The van der Waals surface area contributed by atoms with Gasteiger partial charge in [0.15, 0.2) is 5.82 Å². The topological polar surface area (TPSA) is 63.0 Å². The van der Waals surface area contributed by atoms with Gasteiger partial charge in [0.1, 0.15) is 17.8 Å². The minimum Gasteiger partial charge on any atom is -0.506 e. The first-order valence-electron chi connectivity index (χ1n) is 4.65. The number of aromatic nitrogens is 3. The Balaban J connectivity index is 2.33. The molecule has 0 unspecified atom stereocenters. The number of aromatic hydroxyl groups is 1. The van der Waals surface area contributed by atoms with Crippen molar-refractivity contribution in [1.82, 2.24) is 20.1 Å². The molecule has 5 heteroatoms. The smallest absolute Gasteiger partial charge is 0.164 e. The van der Waals surface area contributed by atoms with Gasteiger partial charge in [0.25, 0.3) is 0 Å². The molecule has 78 valence electrons. The fourth-order valence-corrected chi connectivity index (χ4v) is 1.31. The van der Waals surface area contributed by atoms with Gasteiger partial charge >= 0.3 is 0 Å². The number of hydrogen-bond donors (Lipinski definition) is 2. The summed E-state index contributed by atoms with van der Waals surface area (Å²) in [7, 11) is 1.83. The van der Waals surface area contributed by atoms with Crippen LogP contribution in [-0.2, 0) is 6.54 Å². The van der Waals surface area contributed by atoms with E-state index in [-0.39, 0.29) is 5.75 Å². The summed E-state index contributed by atoms with van der Waals surface area (Å²) < 4.78 is 1.56. The van der Waals surface area contributed by atoms with Crippen LogP contribution >= 0.6 is 0 Å². The van der Waals surface area contributed by atoms with E-state index in [0.717, 1.165) is 0 Å². The highest BCUT2D eigenvalue weighted by atomic mass is 16.3. The first-order valence-corrected chi connectivity index (χ1v) is 4.65. The summed E-state index contributed by atoms with van der Waals surface area (Å²) in [4.78, 5) is 4.10. The Morgan fingerprint density at radius 1 is 1.40 bits per heavy atom. The molecule has 0 amide bonds. The van der Waals surface area contributed by atoms with E-state index in [1.54, 1.807) is 29.2 Å². The molecule has 2 N–H and O–H groups in total. The Morgan fingerprint density at radius 2 is 2.20 bits per heavy atom. The predicted octanol–water partition coefficient (Wildman–Crippen LogP) is 0.692. The zero-order chi connectivity index (χ0) is 10.7. The number of nitrogens with one attached hydrogen (secondary N) is 1. The van der Waals surface area contributed by atoms with Crippen LogP contribution in [0.4, 0.5) is 0 Å². The van der Waals surface area contributed by atoms with Crippen LogP contribution in [0.2, 0.25) is 0 Å². The van der Waals surface area contributed by atoms with Crippen molar-refractivity contribution in [1.29, 1.82) is 0 Å². The summed E-state index contributed by atoms with van der Waals surface area (Å²) in [6.45, 7) is 0.612. The Morgan fingerprint density at radius 3 is 2.93 bits per heavy atom. The molecule has 0 aliphatic heterocycles. The molecule has 0 radical (unpaired) electrons. The molecule has 15 heavy (non-hydrogen) atoms. The van der Waals surface area contributed by atoms with E-state index >= 15 is 0 Å². The molecule has 1 aromatic carbocycles. The molecular formula is C10H12N4O. The second-order valence-electron chi connectivity index (χ2n) is 3.12. The fourth-order valence-electron chi connectivity index (χ4n) is 1.31. The highest BCUT2D eigenvalue weighted by Crippen LogP contribution is 2.19. The van der Waals surface area contributed by atoms with Crippen LogP contribution in [0.3, 0.4) is 0 Å². The lowest BCUT2D eigenvalue weighted by atomic mass is 10.3. The highest BCUT2D eigenvalue weighted by molar-refractivity contribution is 5.44. The maximum absolute atomic E-state index is 9.60. The second kappa shape index (κ2) is 4.10. The van der Waals surface area contributed by atoms with Crippen LogP contribution < -0.4 is 5.32 Å². The minimum atomic E-state index is 0.193. The summed E-state index contributed by atoms with van der Waals surface area (Å²) in [6.07, 6.45) is 1.59. The maximum atomic E-state index is 9.60. The number of phenolic OH excluding ortho intramolecular Hbond substituents is 1. The Labute approximate surface area is 87.4 Å². The molecule has 2 aromatic rings. The van der Waals surface area contributed by atoms with Crippen molar-refractivity contribution in [2.24, 2.45) is 0 Å². The molecular weight excluding hydrogens is 192 g/mol. The average Bonchev–Trinajstić information content (AvgIpc) is 2.68. The molecule has 0 bridgehead atoms. The third kappa shape index (κ3) is 1.97. The summed E-state index contributed by atoms with van der Waals surface area (Å²) in [5, 5.41) is 16.8. The van der Waals surface area contributed by atoms with Crippen LogP contribution in [0.1, 0.15) is 5.82 Å². The van der Waals surface area contributed by atoms with Crippen molar-refractivity contribution in [2.75, 3.05) is 7.05 Å². The minimum absolute atomic E-state index is 0.193. The van der Waals surface area contributed by atoms with Gasteiger partial charge in [-0.25, -0.2) is 9.67 Å². The fraction of sp³-hybridized carbons (Fsp3) is 0.200. The molecule has 0 saturated heterocycles. The molecule has 0 aliphatic carbocycles. The largest absolute Gasteiger partial charge is 0.506 e. The number of phenols is 1. The molecule has 1 aromatic heterocycles. The Bertz CT molecular complexity index is 452. The number of rotatable bonds is 3. The second-order valence-corrected chi connectivity index (χ2v) is 3.12. The zero-order valence-corrected chi connectivity index (χ0v) is 8.38. The number of nitrogens with zero attached hydrogens (tertiary/aromatic N) is 3. The Hall–Kier alpha value is -1.88. The van der Waals surface area contributed by atoms with Crippen LogP contribution in [0.25, 0.3) is 5.69 Å². The van der Waals surface area contributed by atoms with Crippen molar-refractivity contribution in [3.63, 3.8) is 0 Å². The van der Waals surface area contributed by atoms with Gasteiger partial charge in [-0.15, -0.1) is 5.10 Å². The average molecular weight is 204 g/mol. The SMILES string of the molecule is CNCc1ncn(-c2ccccc2O)n1. The summed E-state index contributed by atoms with van der Waals surface area (Å²) in [5.74, 6) is 0.888. The molecule has 0 fully saturated rings. The maximum Gasteiger partial charge on any atom is 0.164 e. The van der Waals surface area contributed by atoms with Crippen LogP contribution in [-0.4, -0.2) is 26.9 Å². The first-order chi connectivity index (χ1) is 7.31. The van der Waals surface area contributed by atoms with Gasteiger partial charge in [0.2, 0.25) is 0 Å². The molecule has 5 nitrogen and oxygen atoms in total. The van der Waals surface area contributed by atoms with Gasteiger partial charge in [-0.3, -0.25) is 0 Å². The van der Waals surface area contributed by atoms with Gasteiger partial charge in [-0.1, -0.05) is 12.1 Å². The quantitative estimate of drug-likeness (QED) is 0.772. The van der Waals surface area contributed by atoms with E-state index in [2.05, 4.69) is 15.4 Å². The third-order valence-electron chi connectivity index (χ3n) is 2.00. The molecule has 0 atom stereocenters. The van der Waals surface area contributed by atoms with E-state index in [1.807, 2.05) is 13.1 Å². The van der Waals surface area contributed by atoms with Gasteiger partial charge in [-0.05, 0) is 19.2 Å². The molecule has 0 saturated carbocycles. The summed E-state index contributed by atoms with van der Waals surface area (Å²) >= 11 is 0. The number of para-hydroxylation sites is 2. The lowest BCUT2D eigenvalue weighted by Gasteiger charge is -2.01. The van der Waals surface area contributed by atoms with Gasteiger partial charge < -0.3 is 10.4 Å². The number of hydrogen-bond acceptors (Lipinski definition) is 4. The van der Waals surface area contributed by atoms with E-state index in [4.69, 9.17) is 0 Å². The predicted molar refractivity (Wildman–Crippen MR) is 55.8 cm³/mol. The van der Waals surface area contributed by atoms with Crippen LogP contribution in [0.15, 0.2) is 30.6 Å². The van der Waals surface area contributed by atoms with Gasteiger partial charge in [-0.2, -0.15) is 0 Å². The van der Waals surface area contributed by atoms with Gasteiger partial charge in [0, 0.05) is 0 Å². The highest BCUT2D eigenvalue weighted by Gasteiger charge is 2.05. The normalized spacial score (nSPS) is 10.5. The van der Waals surface area contributed by atoms with E-state index in [1.165, 1.54) is 0 Å². The standard InChI is InChI=1S/C10H12N4O/c1-11-6-10-12-7-14(13-10)8-4-2-3-5-9(8)15/h2-5,7,11,15H,6H2,1H3. The van der Waals surface area contributed by atoms with E-state index < -0.39 is 0 Å². The molecule has 0 spiro atoms. The lowest BCUT2D eigenvalue weighted by molar-refractivity contribution is 0.470.